The first kappa shape index (κ1) is 34.7. The molecule has 1 atom stereocenters. The van der Waals surface area contributed by atoms with Gasteiger partial charge in [0.25, 0.3) is 5.79 Å². The van der Waals surface area contributed by atoms with Crippen LogP contribution in [0.1, 0.15) is 27.0 Å². The highest BCUT2D eigenvalue weighted by molar-refractivity contribution is 7.00. The van der Waals surface area contributed by atoms with Gasteiger partial charge in [0.05, 0.1) is 60.0 Å². The molecule has 4 aromatic carbocycles. The Balaban J connectivity index is 0.000000330. The Morgan fingerprint density at radius 3 is 1.90 bits per heavy atom. The van der Waals surface area contributed by atoms with Crippen molar-refractivity contribution >= 4 is 40.6 Å². The number of hydrogen-bond donors (Lipinski definition) is 1. The van der Waals surface area contributed by atoms with Crippen LogP contribution >= 0.6 is 11.7 Å². The molecule has 1 aromatic heterocycles. The molecule has 1 N–H and O–H groups in total. The molecule has 0 aliphatic carbocycles. The number of ether oxygens (including phenoxy) is 7. The molecule has 0 bridgehead atoms. The molecule has 49 heavy (non-hydrogen) atoms. The van der Waals surface area contributed by atoms with Gasteiger partial charge in [-0.3, -0.25) is 4.79 Å². The fourth-order valence-electron chi connectivity index (χ4n) is 5.38. The van der Waals surface area contributed by atoms with Crippen LogP contribution < -0.4 is 28.4 Å². The molecular weight excluding hydrogens is 652 g/mol. The lowest BCUT2D eigenvalue weighted by Crippen LogP contribution is -2.29. The first-order valence-electron chi connectivity index (χ1n) is 14.8. The highest BCUT2D eigenvalue weighted by atomic mass is 32.1. The topological polar surface area (TPSA) is 145 Å². The molecule has 1 unspecified atom stereocenters. The Morgan fingerprint density at radius 2 is 1.27 bits per heavy atom. The number of fused-ring (bicyclic) bond motifs is 1. The molecule has 0 saturated carbocycles. The summed E-state index contributed by atoms with van der Waals surface area (Å²) >= 11 is 1.09. The van der Waals surface area contributed by atoms with Crippen molar-refractivity contribution in [2.45, 2.75) is 12.2 Å². The summed E-state index contributed by atoms with van der Waals surface area (Å²) < 4.78 is 45.8. The summed E-state index contributed by atoms with van der Waals surface area (Å²) in [6, 6.07) is 20.6. The average molecular weight is 687 g/mol. The molecule has 12 nitrogen and oxygen atoms in total. The smallest absolute Gasteiger partial charge is 0.342 e. The average Bonchev–Trinajstić information content (AvgIpc) is 3.71. The van der Waals surface area contributed by atoms with Gasteiger partial charge in [-0.1, -0.05) is 12.1 Å². The summed E-state index contributed by atoms with van der Waals surface area (Å²) in [6.07, 6.45) is 0.946. The summed E-state index contributed by atoms with van der Waals surface area (Å²) in [5.74, 6) is 0.437. The first-order valence-corrected chi connectivity index (χ1v) is 15.5. The third-order valence-electron chi connectivity index (χ3n) is 7.85. The Bertz CT molecular complexity index is 2020. The Morgan fingerprint density at radius 1 is 0.694 bits per heavy atom. The Labute approximate surface area is 286 Å². The van der Waals surface area contributed by atoms with Gasteiger partial charge < -0.3 is 38.3 Å². The third kappa shape index (κ3) is 6.98. The van der Waals surface area contributed by atoms with Crippen molar-refractivity contribution in [1.29, 1.82) is 0 Å². The van der Waals surface area contributed by atoms with E-state index >= 15 is 0 Å². The summed E-state index contributed by atoms with van der Waals surface area (Å²) in [6.45, 7) is 0. The summed E-state index contributed by atoms with van der Waals surface area (Å²) in [4.78, 5) is 23.7. The predicted octanol–water partition coefficient (Wildman–Crippen LogP) is 5.64. The van der Waals surface area contributed by atoms with Crippen LogP contribution in [-0.4, -0.2) is 68.8 Å². The van der Waals surface area contributed by atoms with E-state index < -0.39 is 11.8 Å². The van der Waals surface area contributed by atoms with Crippen molar-refractivity contribution in [1.82, 2.24) is 8.75 Å². The van der Waals surface area contributed by atoms with Crippen molar-refractivity contribution in [2.24, 2.45) is 0 Å². The minimum atomic E-state index is -2.06. The predicted molar refractivity (Wildman–Crippen MR) is 182 cm³/mol. The molecule has 0 spiro atoms. The van der Waals surface area contributed by atoms with Crippen LogP contribution in [0, 0.1) is 0 Å². The van der Waals surface area contributed by atoms with Crippen LogP contribution in [0.2, 0.25) is 0 Å². The summed E-state index contributed by atoms with van der Waals surface area (Å²) in [7, 11) is 9.21. The molecule has 0 saturated heterocycles. The molecule has 0 amide bonds. The molecule has 254 valence electrons. The maximum absolute atomic E-state index is 13.4. The molecular formula is C36H34N2O10S. The van der Waals surface area contributed by atoms with E-state index in [0.717, 1.165) is 29.1 Å². The third-order valence-corrected chi connectivity index (χ3v) is 8.40. The fraction of sp³-hybridized carbons (Fsp3) is 0.222. The summed E-state index contributed by atoms with van der Waals surface area (Å²) in [5, 5.41) is 12.0. The molecule has 1 aliphatic heterocycles. The van der Waals surface area contributed by atoms with Gasteiger partial charge in [0, 0.05) is 23.1 Å². The van der Waals surface area contributed by atoms with Crippen molar-refractivity contribution in [3.63, 3.8) is 0 Å². The lowest BCUT2D eigenvalue weighted by Gasteiger charge is -2.26. The zero-order chi connectivity index (χ0) is 35.1. The Hall–Kier alpha value is -5.66. The standard InChI is InChI=1S/C27H24N2O7S.C9H10O3/c1-32-21-9-5-15(12-23(21)34-3)11-18-25(16-6-8-19-20(13-16)29-37-28-19)26(30)36-27(18,31)17-7-10-22(33-2)24(14-17)35-4;1-11-8-4-3-7(6-10)5-9(8)12-2/h5-10,12-14,31H,11H2,1-4H3;3-6H,1-2H3. The van der Waals surface area contributed by atoms with E-state index in [4.69, 9.17) is 33.2 Å². The highest BCUT2D eigenvalue weighted by Gasteiger charge is 2.48. The largest absolute Gasteiger partial charge is 0.493 e. The van der Waals surface area contributed by atoms with E-state index in [1.165, 1.54) is 21.3 Å². The zero-order valence-corrected chi connectivity index (χ0v) is 28.5. The van der Waals surface area contributed by atoms with Gasteiger partial charge in [-0.15, -0.1) is 0 Å². The summed E-state index contributed by atoms with van der Waals surface area (Å²) in [5.41, 5.74) is 4.22. The van der Waals surface area contributed by atoms with Gasteiger partial charge in [0.1, 0.15) is 17.3 Å². The van der Waals surface area contributed by atoms with Gasteiger partial charge >= 0.3 is 5.97 Å². The number of esters is 1. The van der Waals surface area contributed by atoms with Gasteiger partial charge in [-0.2, -0.15) is 8.75 Å². The number of carbonyl (C=O) groups excluding carboxylic acids is 2. The number of hydrogen-bond acceptors (Lipinski definition) is 13. The van der Waals surface area contributed by atoms with Gasteiger partial charge in [-0.05, 0) is 71.8 Å². The monoisotopic (exact) mass is 686 g/mol. The van der Waals surface area contributed by atoms with Crippen LogP contribution in [0.3, 0.4) is 0 Å². The zero-order valence-electron chi connectivity index (χ0n) is 27.6. The number of benzene rings is 4. The highest BCUT2D eigenvalue weighted by Crippen LogP contribution is 2.47. The second-order valence-electron chi connectivity index (χ2n) is 10.5. The van der Waals surface area contributed by atoms with E-state index in [1.807, 2.05) is 6.07 Å². The van der Waals surface area contributed by atoms with Crippen LogP contribution in [0.15, 0.2) is 78.4 Å². The van der Waals surface area contributed by atoms with Gasteiger partial charge in [0.2, 0.25) is 0 Å². The van der Waals surface area contributed by atoms with Crippen LogP contribution in [0.25, 0.3) is 16.6 Å². The SMILES string of the molecule is COc1ccc(C=O)cc1OC.COc1ccc(CC2=C(c3ccc4nsnc4c3)C(=O)OC2(O)c2ccc(OC)c(OC)c2)cc1OC. The van der Waals surface area contributed by atoms with E-state index in [1.54, 1.807) is 88.1 Å². The van der Waals surface area contributed by atoms with Crippen LogP contribution in [-0.2, 0) is 21.7 Å². The van der Waals surface area contributed by atoms with E-state index in [9.17, 15) is 14.7 Å². The van der Waals surface area contributed by atoms with Crippen LogP contribution in [0.5, 0.6) is 34.5 Å². The number of aromatic nitrogens is 2. The van der Waals surface area contributed by atoms with Crippen molar-refractivity contribution in [2.75, 3.05) is 42.7 Å². The minimum absolute atomic E-state index is 0.180. The number of cyclic esters (lactones) is 1. The number of methoxy groups -OCH3 is 6. The molecule has 13 heteroatoms. The number of aliphatic hydroxyl groups is 1. The van der Waals surface area contributed by atoms with Gasteiger partial charge in [0.15, 0.2) is 34.5 Å². The molecule has 1 aliphatic rings. The maximum Gasteiger partial charge on any atom is 0.342 e. The normalized spacial score (nSPS) is 15.2. The van der Waals surface area contributed by atoms with Gasteiger partial charge in [-0.25, -0.2) is 4.79 Å². The van der Waals surface area contributed by atoms with Crippen LogP contribution in [0.4, 0.5) is 0 Å². The van der Waals surface area contributed by atoms with E-state index in [0.29, 0.717) is 62.3 Å². The number of aldehydes is 1. The molecule has 5 aromatic rings. The lowest BCUT2D eigenvalue weighted by molar-refractivity contribution is -0.185. The lowest BCUT2D eigenvalue weighted by atomic mass is 9.87. The fourth-order valence-corrected chi connectivity index (χ4v) is 5.90. The minimum Gasteiger partial charge on any atom is -0.493 e. The molecule has 6 rings (SSSR count). The van der Waals surface area contributed by atoms with E-state index in [2.05, 4.69) is 8.75 Å². The maximum atomic E-state index is 13.4. The molecule has 0 fully saturated rings. The Kier molecular flexibility index (Phi) is 10.6. The quantitative estimate of drug-likeness (QED) is 0.136. The van der Waals surface area contributed by atoms with E-state index in [-0.39, 0.29) is 12.0 Å². The number of carbonyl (C=O) groups is 2. The molecule has 2 heterocycles. The van der Waals surface area contributed by atoms with Crippen molar-refractivity contribution < 1.29 is 47.9 Å². The molecule has 0 radical (unpaired) electrons. The van der Waals surface area contributed by atoms with Crippen molar-refractivity contribution in [3.8, 4) is 34.5 Å². The first-order chi connectivity index (χ1) is 23.7. The number of nitrogens with zero attached hydrogens (tertiary/aromatic N) is 2. The number of rotatable bonds is 11. The second kappa shape index (κ2) is 15.0. The van der Waals surface area contributed by atoms with Crippen molar-refractivity contribution in [3.05, 3.63) is 101 Å². The second-order valence-corrected chi connectivity index (χ2v) is 11.1.